The minimum absolute atomic E-state index is 0.0281. The lowest BCUT2D eigenvalue weighted by Crippen LogP contribution is -2.20. The first-order valence-corrected chi connectivity index (χ1v) is 11.5. The molecular weight excluding hydrogens is 495 g/mol. The van der Waals surface area contributed by atoms with Gasteiger partial charge in [0.15, 0.2) is 0 Å². The van der Waals surface area contributed by atoms with Crippen molar-refractivity contribution in [1.82, 2.24) is 4.98 Å². The number of pyridine rings is 1. The second kappa shape index (κ2) is 9.51. The van der Waals surface area contributed by atoms with E-state index in [1.54, 1.807) is 32.0 Å². The van der Waals surface area contributed by atoms with Crippen molar-refractivity contribution < 1.29 is 31.1 Å². The molecule has 7 nitrogen and oxygen atoms in total. The van der Waals surface area contributed by atoms with E-state index in [1.165, 1.54) is 19.2 Å². The summed E-state index contributed by atoms with van der Waals surface area (Å²) >= 11 is 5.68. The lowest BCUT2D eigenvalue weighted by atomic mass is 10.1. The Morgan fingerprint density at radius 3 is 2.32 bits per heavy atom. The van der Waals surface area contributed by atoms with Crippen molar-refractivity contribution in [3.05, 3.63) is 76.1 Å². The molecule has 0 aliphatic carbocycles. The normalized spacial score (nSPS) is 11.7. The Morgan fingerprint density at radius 2 is 1.74 bits per heavy atom. The van der Waals surface area contributed by atoms with E-state index in [4.69, 9.17) is 16.3 Å². The summed E-state index contributed by atoms with van der Waals surface area (Å²) in [5.74, 6) is -1.17. The first-order valence-electron chi connectivity index (χ1n) is 9.64. The smallest absolute Gasteiger partial charge is 0.418 e. The predicted octanol–water partition coefficient (Wildman–Crippen LogP) is 5.43. The number of amides is 1. The van der Waals surface area contributed by atoms with E-state index in [-0.39, 0.29) is 21.5 Å². The van der Waals surface area contributed by atoms with Gasteiger partial charge in [-0.3, -0.25) is 9.52 Å². The summed E-state index contributed by atoms with van der Waals surface area (Å²) < 4.78 is 73.8. The van der Waals surface area contributed by atoms with E-state index < -0.39 is 33.2 Å². The summed E-state index contributed by atoms with van der Waals surface area (Å²) in [6, 6.07) is 9.68. The molecule has 0 radical (unpaired) electrons. The maximum atomic E-state index is 13.3. The first kappa shape index (κ1) is 25.3. The molecular formula is C22H19ClF3N3O4S. The minimum atomic E-state index is -4.85. The van der Waals surface area contributed by atoms with Crippen LogP contribution in [0.1, 0.15) is 27.0 Å². The largest absolute Gasteiger partial charge is 0.495 e. The van der Waals surface area contributed by atoms with Crippen LogP contribution in [0.15, 0.2) is 53.6 Å². The minimum Gasteiger partial charge on any atom is -0.495 e. The maximum Gasteiger partial charge on any atom is 0.418 e. The zero-order chi connectivity index (χ0) is 25.3. The van der Waals surface area contributed by atoms with Crippen molar-refractivity contribution in [2.24, 2.45) is 0 Å². The maximum absolute atomic E-state index is 13.3. The van der Waals surface area contributed by atoms with Gasteiger partial charge in [0.1, 0.15) is 15.8 Å². The quantitative estimate of drug-likeness (QED) is 0.428. The van der Waals surface area contributed by atoms with Crippen LogP contribution in [0.3, 0.4) is 0 Å². The Bertz CT molecular complexity index is 1340. The molecule has 0 saturated heterocycles. The van der Waals surface area contributed by atoms with Crippen LogP contribution in [0.25, 0.3) is 0 Å². The van der Waals surface area contributed by atoms with Gasteiger partial charge in [-0.25, -0.2) is 13.4 Å². The number of hydrogen-bond acceptors (Lipinski definition) is 5. The molecule has 3 rings (SSSR count). The van der Waals surface area contributed by atoms with Gasteiger partial charge < -0.3 is 10.1 Å². The summed E-state index contributed by atoms with van der Waals surface area (Å²) in [7, 11) is -2.94. The number of aryl methyl sites for hydroxylation is 2. The Labute approximate surface area is 199 Å². The zero-order valence-electron chi connectivity index (χ0n) is 18.1. The molecule has 2 aromatic carbocycles. The third kappa shape index (κ3) is 5.42. The number of methoxy groups -OCH3 is 1. The Hall–Kier alpha value is -3.31. The van der Waals surface area contributed by atoms with Crippen molar-refractivity contribution >= 4 is 38.9 Å². The molecule has 0 aliphatic heterocycles. The van der Waals surface area contributed by atoms with Crippen LogP contribution in [0, 0.1) is 13.8 Å². The number of anilines is 2. The molecule has 0 unspecified atom stereocenters. The van der Waals surface area contributed by atoms with Crippen LogP contribution in [-0.4, -0.2) is 26.4 Å². The number of hydrogen-bond donors (Lipinski definition) is 2. The van der Waals surface area contributed by atoms with Crippen molar-refractivity contribution in [3.63, 3.8) is 0 Å². The molecule has 180 valence electrons. The third-order valence-corrected chi connectivity index (χ3v) is 6.43. The number of halogens is 4. The molecule has 3 aromatic rings. The molecule has 0 fully saturated rings. The fourth-order valence-electron chi connectivity index (χ4n) is 3.17. The third-order valence-electron chi connectivity index (χ3n) is 4.85. The van der Waals surface area contributed by atoms with Crippen LogP contribution in [0.4, 0.5) is 24.5 Å². The van der Waals surface area contributed by atoms with E-state index in [0.717, 1.165) is 12.1 Å². The Balaban J connectivity index is 2.00. The van der Waals surface area contributed by atoms with Crippen LogP contribution in [0.5, 0.6) is 5.75 Å². The number of nitrogens with one attached hydrogen (secondary N) is 2. The lowest BCUT2D eigenvalue weighted by Gasteiger charge is -2.17. The number of benzene rings is 2. The molecule has 2 N–H and O–H groups in total. The van der Waals surface area contributed by atoms with Crippen LogP contribution < -0.4 is 14.8 Å². The fraction of sp³-hybridized carbons (Fsp3) is 0.182. The monoisotopic (exact) mass is 513 g/mol. The SMILES string of the molecule is COc1ccc(NC(=O)c2cc(Cl)ncc2C(F)(F)F)cc1S(=O)(=O)Nc1c(C)cccc1C. The predicted molar refractivity (Wildman–Crippen MR) is 122 cm³/mol. The van der Waals surface area contributed by atoms with E-state index in [2.05, 4.69) is 15.0 Å². The van der Waals surface area contributed by atoms with Crippen molar-refractivity contribution in [3.8, 4) is 5.75 Å². The fourth-order valence-corrected chi connectivity index (χ4v) is 4.73. The van der Waals surface area contributed by atoms with E-state index in [1.807, 2.05) is 0 Å². The molecule has 0 bridgehead atoms. The first-order chi connectivity index (χ1) is 15.8. The summed E-state index contributed by atoms with van der Waals surface area (Å²) in [4.78, 5) is 15.7. The van der Waals surface area contributed by atoms with Crippen molar-refractivity contribution in [1.29, 1.82) is 0 Å². The molecule has 1 amide bonds. The molecule has 0 aliphatic rings. The van der Waals surface area contributed by atoms with E-state index in [9.17, 15) is 26.4 Å². The number of para-hydroxylation sites is 1. The number of nitrogens with zero attached hydrogens (tertiary/aromatic N) is 1. The highest BCUT2D eigenvalue weighted by atomic mass is 35.5. The van der Waals surface area contributed by atoms with Gasteiger partial charge in [0.25, 0.3) is 15.9 Å². The number of rotatable bonds is 6. The van der Waals surface area contributed by atoms with Crippen molar-refractivity contribution in [2.45, 2.75) is 24.9 Å². The van der Waals surface area contributed by atoms with Gasteiger partial charge in [0, 0.05) is 11.9 Å². The highest BCUT2D eigenvalue weighted by molar-refractivity contribution is 7.92. The van der Waals surface area contributed by atoms with Gasteiger partial charge in [0.2, 0.25) is 0 Å². The summed E-state index contributed by atoms with van der Waals surface area (Å²) in [6.07, 6.45) is -4.40. The van der Waals surface area contributed by atoms with E-state index >= 15 is 0 Å². The standard InChI is InChI=1S/C22H19ClF3N3O4S/c1-12-5-4-6-13(2)20(12)29-34(31,32)18-9-14(7-8-17(18)33-3)28-21(30)15-10-19(23)27-11-16(15)22(24,25)26/h4-11,29H,1-3H3,(H,28,30). The topological polar surface area (TPSA) is 97.4 Å². The number of ether oxygens (including phenoxy) is 1. The van der Waals surface area contributed by atoms with Gasteiger partial charge in [-0.2, -0.15) is 13.2 Å². The van der Waals surface area contributed by atoms with Crippen LogP contribution in [-0.2, 0) is 16.2 Å². The summed E-state index contributed by atoms with van der Waals surface area (Å²) in [6.45, 7) is 3.47. The number of aromatic nitrogens is 1. The average Bonchev–Trinajstić information content (AvgIpc) is 2.75. The number of carbonyl (C=O) groups excluding carboxylic acids is 1. The van der Waals surface area contributed by atoms with Crippen molar-refractivity contribution in [2.75, 3.05) is 17.1 Å². The second-order valence-corrected chi connectivity index (χ2v) is 9.28. The highest BCUT2D eigenvalue weighted by Gasteiger charge is 2.36. The van der Waals surface area contributed by atoms with Crippen LogP contribution >= 0.6 is 11.6 Å². The van der Waals surface area contributed by atoms with Gasteiger partial charge in [-0.15, -0.1) is 0 Å². The molecule has 12 heteroatoms. The zero-order valence-corrected chi connectivity index (χ0v) is 19.7. The summed E-state index contributed by atoms with van der Waals surface area (Å²) in [5.41, 5.74) is -0.384. The summed E-state index contributed by atoms with van der Waals surface area (Å²) in [5, 5.41) is 1.96. The van der Waals surface area contributed by atoms with Crippen LogP contribution in [0.2, 0.25) is 5.15 Å². The average molecular weight is 514 g/mol. The van der Waals surface area contributed by atoms with Gasteiger partial charge >= 0.3 is 6.18 Å². The second-order valence-electron chi connectivity index (χ2n) is 7.24. The molecule has 0 spiro atoms. The molecule has 1 heterocycles. The Morgan fingerprint density at radius 1 is 1.09 bits per heavy atom. The lowest BCUT2D eigenvalue weighted by molar-refractivity contribution is -0.138. The van der Waals surface area contributed by atoms with E-state index in [0.29, 0.717) is 23.0 Å². The van der Waals surface area contributed by atoms with Gasteiger partial charge in [-0.05, 0) is 49.2 Å². The van der Waals surface area contributed by atoms with Gasteiger partial charge in [0.05, 0.1) is 23.9 Å². The Kier molecular flexibility index (Phi) is 7.08. The number of carbonyl (C=O) groups is 1. The molecule has 34 heavy (non-hydrogen) atoms. The van der Waals surface area contributed by atoms with Gasteiger partial charge in [-0.1, -0.05) is 29.8 Å². The highest BCUT2D eigenvalue weighted by Crippen LogP contribution is 2.34. The number of alkyl halides is 3. The molecule has 0 saturated carbocycles. The molecule has 1 aromatic heterocycles. The number of sulfonamides is 1. The molecule has 0 atom stereocenters.